The van der Waals surface area contributed by atoms with Gasteiger partial charge in [-0.3, -0.25) is 0 Å². The highest BCUT2D eigenvalue weighted by atomic mass is 32.2. The summed E-state index contributed by atoms with van der Waals surface area (Å²) in [6, 6.07) is 15.1. The summed E-state index contributed by atoms with van der Waals surface area (Å²) in [5.74, 6) is 0.910. The van der Waals surface area contributed by atoms with E-state index in [2.05, 4.69) is 25.5 Å². The van der Waals surface area contributed by atoms with Gasteiger partial charge in [0.05, 0.1) is 23.9 Å². The number of benzene rings is 2. The molecule has 0 fully saturated rings. The molecular weight excluding hydrogens is 402 g/mol. The van der Waals surface area contributed by atoms with Gasteiger partial charge in [-0.25, -0.2) is 4.98 Å². The monoisotopic (exact) mass is 419 g/mol. The third kappa shape index (κ3) is 3.70. The first kappa shape index (κ1) is 19.5. The molecule has 0 bridgehead atoms. The Morgan fingerprint density at radius 2 is 2.13 bits per heavy atom. The second kappa shape index (κ2) is 8.26. The van der Waals surface area contributed by atoms with E-state index in [-0.39, 0.29) is 17.1 Å². The predicted molar refractivity (Wildman–Crippen MR) is 112 cm³/mol. The molecule has 0 amide bonds. The zero-order valence-corrected chi connectivity index (χ0v) is 17.0. The molecule has 4 rings (SSSR count). The maximum atomic E-state index is 10.6. The van der Waals surface area contributed by atoms with Crippen LogP contribution >= 0.6 is 11.8 Å². The molecule has 30 heavy (non-hydrogen) atoms. The van der Waals surface area contributed by atoms with Crippen LogP contribution in [-0.2, 0) is 0 Å². The van der Waals surface area contributed by atoms with Crippen LogP contribution in [0.25, 0.3) is 22.3 Å². The van der Waals surface area contributed by atoms with Gasteiger partial charge >= 0.3 is 0 Å². The second-order valence-electron chi connectivity index (χ2n) is 6.37. The van der Waals surface area contributed by atoms with Crippen molar-refractivity contribution in [1.29, 1.82) is 5.26 Å². The number of thioether (sulfide) groups is 1. The number of aryl methyl sites for hydroxylation is 1. The molecule has 0 aliphatic carbocycles. The summed E-state index contributed by atoms with van der Waals surface area (Å²) in [4.78, 5) is 7.44. The third-order valence-electron chi connectivity index (χ3n) is 4.37. The molecule has 0 saturated carbocycles. The van der Waals surface area contributed by atoms with E-state index in [0.29, 0.717) is 22.4 Å². The first-order chi connectivity index (χ1) is 14.6. The van der Waals surface area contributed by atoms with Crippen LogP contribution in [0.4, 0.5) is 0 Å². The van der Waals surface area contributed by atoms with E-state index in [0.717, 1.165) is 16.6 Å². The number of H-pyrrole nitrogens is 1. The quantitative estimate of drug-likeness (QED) is 0.276. The largest absolute Gasteiger partial charge is 0.510 e. The number of nitriles is 1. The van der Waals surface area contributed by atoms with Gasteiger partial charge in [-0.1, -0.05) is 30.0 Å². The van der Waals surface area contributed by atoms with Crippen LogP contribution in [0, 0.1) is 18.3 Å². The Kier molecular flexibility index (Phi) is 5.36. The van der Waals surface area contributed by atoms with Gasteiger partial charge < -0.3 is 14.8 Å². The van der Waals surface area contributed by atoms with Crippen molar-refractivity contribution < 1.29 is 9.84 Å². The predicted octanol–water partition coefficient (Wildman–Crippen LogP) is 3.44. The van der Waals surface area contributed by atoms with Crippen molar-refractivity contribution in [2.45, 2.75) is 12.1 Å². The first-order valence-corrected chi connectivity index (χ1v) is 9.92. The van der Waals surface area contributed by atoms with Gasteiger partial charge in [-0.15, -0.1) is 5.10 Å². The number of para-hydroxylation sites is 2. The van der Waals surface area contributed by atoms with Gasteiger partial charge in [0.2, 0.25) is 5.16 Å². The van der Waals surface area contributed by atoms with Crippen molar-refractivity contribution in [3.63, 3.8) is 0 Å². The number of aliphatic hydroxyl groups excluding tert-OH is 1. The molecule has 9 nitrogen and oxygen atoms in total. The zero-order chi connectivity index (χ0) is 21.1. The van der Waals surface area contributed by atoms with Crippen LogP contribution < -0.4 is 4.74 Å². The molecule has 0 spiro atoms. The van der Waals surface area contributed by atoms with Crippen LogP contribution in [0.1, 0.15) is 11.4 Å². The molecule has 0 unspecified atom stereocenters. The molecule has 0 aliphatic heterocycles. The molecule has 0 atom stereocenters. The summed E-state index contributed by atoms with van der Waals surface area (Å²) in [5, 5.41) is 32.4. The number of aromatic nitrogens is 6. The normalized spacial score (nSPS) is 11.9. The molecule has 150 valence electrons. The number of aliphatic hydroxyl groups is 1. The van der Waals surface area contributed by atoms with E-state index in [4.69, 9.17) is 4.74 Å². The van der Waals surface area contributed by atoms with Crippen molar-refractivity contribution in [2.24, 2.45) is 0 Å². The average molecular weight is 419 g/mol. The minimum atomic E-state index is -0.118. The fraction of sp³-hybridized carbons (Fsp3) is 0.150. The molecule has 0 aliphatic rings. The lowest BCUT2D eigenvalue weighted by Crippen LogP contribution is -2.03. The van der Waals surface area contributed by atoms with Crippen LogP contribution in [0.2, 0.25) is 0 Å². The first-order valence-electron chi connectivity index (χ1n) is 8.94. The summed E-state index contributed by atoms with van der Waals surface area (Å²) in [6.07, 6.45) is 0. The third-order valence-corrected chi connectivity index (χ3v) is 5.30. The van der Waals surface area contributed by atoms with Crippen molar-refractivity contribution in [2.75, 3.05) is 12.9 Å². The maximum absolute atomic E-state index is 10.6. The van der Waals surface area contributed by atoms with E-state index in [1.54, 1.807) is 7.11 Å². The minimum absolute atomic E-state index is 0.0749. The minimum Gasteiger partial charge on any atom is -0.510 e. The number of nitrogens with zero attached hydrogens (tertiary/aromatic N) is 6. The number of ether oxygens (including phenoxy) is 1. The topological polar surface area (TPSA) is 126 Å². The number of hydrogen-bond acceptors (Lipinski definition) is 8. The number of imidazole rings is 1. The Morgan fingerprint density at radius 1 is 1.30 bits per heavy atom. The molecule has 10 heteroatoms. The van der Waals surface area contributed by atoms with Gasteiger partial charge in [-0.05, 0) is 47.2 Å². The molecule has 2 heterocycles. The van der Waals surface area contributed by atoms with Gasteiger partial charge in [0, 0.05) is 0 Å². The lowest BCUT2D eigenvalue weighted by molar-refractivity contribution is 0.410. The van der Waals surface area contributed by atoms with Gasteiger partial charge in [0.25, 0.3) is 0 Å². The van der Waals surface area contributed by atoms with E-state index >= 15 is 0 Å². The lowest BCUT2D eigenvalue weighted by atomic mass is 10.2. The summed E-state index contributed by atoms with van der Waals surface area (Å²) >= 11 is 1.20. The number of methoxy groups -OCH3 is 1. The van der Waals surface area contributed by atoms with Gasteiger partial charge in [0.1, 0.15) is 28.8 Å². The molecule has 0 saturated heterocycles. The lowest BCUT2D eigenvalue weighted by Gasteiger charge is -2.10. The molecule has 0 radical (unpaired) electrons. The van der Waals surface area contributed by atoms with Crippen LogP contribution in [0.5, 0.6) is 5.75 Å². The van der Waals surface area contributed by atoms with E-state index < -0.39 is 0 Å². The average Bonchev–Trinajstić information content (AvgIpc) is 3.39. The van der Waals surface area contributed by atoms with Crippen LogP contribution in [0.3, 0.4) is 0 Å². The van der Waals surface area contributed by atoms with Crippen molar-refractivity contribution in [3.05, 3.63) is 59.6 Å². The fourth-order valence-corrected chi connectivity index (χ4v) is 3.68. The number of fused-ring (bicyclic) bond motifs is 1. The molecule has 2 N–H and O–H groups in total. The second-order valence-corrected chi connectivity index (χ2v) is 7.32. The van der Waals surface area contributed by atoms with Crippen LogP contribution in [0.15, 0.2) is 53.4 Å². The number of nitrogens with one attached hydrogen (secondary N) is 1. The van der Waals surface area contributed by atoms with Gasteiger partial charge in [0.15, 0.2) is 5.82 Å². The zero-order valence-electron chi connectivity index (χ0n) is 16.2. The number of hydrogen-bond donors (Lipinski definition) is 2. The van der Waals surface area contributed by atoms with E-state index in [1.165, 1.54) is 16.4 Å². The Labute approximate surface area is 176 Å². The number of rotatable bonds is 6. The van der Waals surface area contributed by atoms with E-state index in [9.17, 15) is 10.4 Å². The molecule has 2 aromatic carbocycles. The van der Waals surface area contributed by atoms with Gasteiger partial charge in [-0.2, -0.15) is 9.94 Å². The smallest absolute Gasteiger partial charge is 0.214 e. The van der Waals surface area contributed by atoms with Crippen LogP contribution in [-0.4, -0.2) is 48.1 Å². The molecule has 4 aromatic rings. The summed E-state index contributed by atoms with van der Waals surface area (Å²) in [6.45, 7) is 1.96. The standard InChI is InChI=1S/C20H17N7O2S/c1-12-7-8-18(29-2)16(9-12)27-20(24-25-26-27)30-11-17(28)13(10-21)19-22-14-5-3-4-6-15(14)23-19/h3-9,28H,11H2,1-2H3,(H,22,23). The van der Waals surface area contributed by atoms with Crippen molar-refractivity contribution >= 4 is 28.4 Å². The number of aromatic amines is 1. The SMILES string of the molecule is COc1ccc(C)cc1-n1nnnc1SCC(O)=C(C#N)c1nc2ccccc2[nH]1. The van der Waals surface area contributed by atoms with Crippen molar-refractivity contribution in [1.82, 2.24) is 30.2 Å². The summed E-state index contributed by atoms with van der Waals surface area (Å²) < 4.78 is 6.95. The highest BCUT2D eigenvalue weighted by Gasteiger charge is 2.17. The summed E-state index contributed by atoms with van der Waals surface area (Å²) in [5.41, 5.74) is 3.29. The molecular formula is C20H17N7O2S. The number of allylic oxidation sites excluding steroid dienone is 1. The highest BCUT2D eigenvalue weighted by Crippen LogP contribution is 2.28. The molecule has 2 aromatic heterocycles. The highest BCUT2D eigenvalue weighted by molar-refractivity contribution is 7.99. The Hall–Kier alpha value is -3.84. The summed E-state index contributed by atoms with van der Waals surface area (Å²) in [7, 11) is 1.58. The Bertz CT molecular complexity index is 1250. The Balaban J connectivity index is 1.61. The maximum Gasteiger partial charge on any atom is 0.214 e. The Morgan fingerprint density at radius 3 is 2.90 bits per heavy atom. The number of tetrazole rings is 1. The van der Waals surface area contributed by atoms with E-state index in [1.807, 2.05) is 55.5 Å². The van der Waals surface area contributed by atoms with Crippen molar-refractivity contribution in [3.8, 4) is 17.5 Å². The fourth-order valence-electron chi connectivity index (χ4n) is 2.92.